The summed E-state index contributed by atoms with van der Waals surface area (Å²) in [7, 11) is 0. The van der Waals surface area contributed by atoms with E-state index in [1.165, 1.54) is 9.36 Å². The van der Waals surface area contributed by atoms with E-state index in [1.54, 1.807) is 48.5 Å². The van der Waals surface area contributed by atoms with E-state index in [0.717, 1.165) is 11.1 Å². The fourth-order valence-corrected chi connectivity index (χ4v) is 5.04. The summed E-state index contributed by atoms with van der Waals surface area (Å²) in [5.41, 5.74) is 3.33. The average molecular weight is 500 g/mol. The Hall–Kier alpha value is -5.38. The van der Waals surface area contributed by atoms with Gasteiger partial charge in [0.25, 0.3) is 0 Å². The van der Waals surface area contributed by atoms with Crippen molar-refractivity contribution in [1.29, 1.82) is 0 Å². The van der Waals surface area contributed by atoms with Crippen LogP contribution in [0.2, 0.25) is 0 Å². The lowest BCUT2D eigenvalue weighted by Gasteiger charge is -2.15. The quantitative estimate of drug-likeness (QED) is 0.360. The maximum atomic E-state index is 13.2. The van der Waals surface area contributed by atoms with Gasteiger partial charge in [-0.2, -0.15) is 0 Å². The number of nitrogens with zero attached hydrogens (tertiary/aromatic N) is 6. The lowest BCUT2D eigenvalue weighted by atomic mass is 9.90. The molecular weight excluding hydrogens is 484 g/mol. The van der Waals surface area contributed by atoms with Crippen LogP contribution >= 0.6 is 0 Å². The highest BCUT2D eigenvalue weighted by Gasteiger charge is 2.36. The van der Waals surface area contributed by atoms with Crippen molar-refractivity contribution < 1.29 is 19.2 Å². The molecule has 0 amide bonds. The van der Waals surface area contributed by atoms with Crippen molar-refractivity contribution in [2.75, 3.05) is 0 Å². The first-order valence-electron chi connectivity index (χ1n) is 11.8. The topological polar surface area (TPSA) is 130 Å². The molecule has 38 heavy (non-hydrogen) atoms. The maximum absolute atomic E-state index is 13.2. The molecule has 0 bridgehead atoms. The van der Waals surface area contributed by atoms with Gasteiger partial charge >= 0.3 is 0 Å². The molecule has 0 radical (unpaired) electrons. The molecule has 2 aliphatic carbocycles. The van der Waals surface area contributed by atoms with Gasteiger partial charge in [-0.3, -0.25) is 19.2 Å². The predicted molar refractivity (Wildman–Crippen MR) is 131 cm³/mol. The molecule has 5 aromatic rings. The van der Waals surface area contributed by atoms with Crippen molar-refractivity contribution in [3.05, 3.63) is 129 Å². The van der Waals surface area contributed by atoms with Crippen LogP contribution in [-0.2, 0) is 13.1 Å². The Balaban J connectivity index is 1.19. The first-order chi connectivity index (χ1) is 18.5. The van der Waals surface area contributed by atoms with E-state index >= 15 is 0 Å². The second-order valence-corrected chi connectivity index (χ2v) is 9.12. The zero-order chi connectivity index (χ0) is 26.0. The third-order valence-electron chi connectivity index (χ3n) is 6.82. The molecule has 2 heterocycles. The summed E-state index contributed by atoms with van der Waals surface area (Å²) >= 11 is 0. The largest absolute Gasteiger partial charge is 0.287 e. The predicted octanol–water partition coefficient (Wildman–Crippen LogP) is 2.52. The standard InChI is InChI=1S/C28H16N6O4/c35-25-17-8-1-3-10-19(17)27(37)23-21(25)29-31-33(23)13-15-6-5-7-16(12-15)14-34-24-22(30-32-34)26(36)18-9-2-4-11-20(18)28(24)38/h1-12H,13-14H2. The van der Waals surface area contributed by atoms with Crippen LogP contribution in [0, 0.1) is 0 Å². The minimum absolute atomic E-state index is 0.0440. The van der Waals surface area contributed by atoms with Crippen LogP contribution in [0.5, 0.6) is 0 Å². The zero-order valence-electron chi connectivity index (χ0n) is 19.7. The van der Waals surface area contributed by atoms with E-state index in [1.807, 2.05) is 24.3 Å². The van der Waals surface area contributed by atoms with Crippen LogP contribution < -0.4 is 0 Å². The number of carbonyl (C=O) groups is 4. The zero-order valence-corrected chi connectivity index (χ0v) is 19.7. The number of rotatable bonds is 4. The van der Waals surface area contributed by atoms with E-state index in [0.29, 0.717) is 22.3 Å². The number of benzene rings is 3. The summed E-state index contributed by atoms with van der Waals surface area (Å²) in [4.78, 5) is 52.0. The summed E-state index contributed by atoms with van der Waals surface area (Å²) in [5, 5.41) is 16.2. The number of carbonyl (C=O) groups excluding carboxylic acids is 4. The van der Waals surface area contributed by atoms with E-state index in [9.17, 15) is 19.2 Å². The molecule has 0 fully saturated rings. The van der Waals surface area contributed by atoms with Crippen molar-refractivity contribution in [1.82, 2.24) is 30.0 Å². The molecule has 7 rings (SSSR count). The third-order valence-corrected chi connectivity index (χ3v) is 6.82. The Kier molecular flexibility index (Phi) is 4.64. The first kappa shape index (κ1) is 21.9. The molecular formula is C28H16N6O4. The summed E-state index contributed by atoms with van der Waals surface area (Å²) in [5.74, 6) is -1.25. The number of hydrogen-bond donors (Lipinski definition) is 0. The van der Waals surface area contributed by atoms with Crippen molar-refractivity contribution >= 4 is 23.1 Å². The fourth-order valence-electron chi connectivity index (χ4n) is 5.04. The van der Waals surface area contributed by atoms with Crippen LogP contribution in [0.25, 0.3) is 0 Å². The molecule has 2 aromatic heterocycles. The minimum atomic E-state index is -0.327. The van der Waals surface area contributed by atoms with Gasteiger partial charge in [0.05, 0.1) is 13.1 Å². The van der Waals surface area contributed by atoms with Crippen LogP contribution in [0.4, 0.5) is 0 Å². The molecule has 10 nitrogen and oxygen atoms in total. The Morgan fingerprint density at radius 2 is 0.895 bits per heavy atom. The minimum Gasteiger partial charge on any atom is -0.287 e. The Bertz CT molecular complexity index is 1730. The van der Waals surface area contributed by atoms with Gasteiger partial charge in [0.2, 0.25) is 23.1 Å². The van der Waals surface area contributed by atoms with E-state index in [4.69, 9.17) is 0 Å². The van der Waals surface area contributed by atoms with Gasteiger partial charge in [0, 0.05) is 22.3 Å². The van der Waals surface area contributed by atoms with Gasteiger partial charge in [-0.25, -0.2) is 9.36 Å². The van der Waals surface area contributed by atoms with Crippen molar-refractivity contribution in [3.63, 3.8) is 0 Å². The molecule has 0 N–H and O–H groups in total. The van der Waals surface area contributed by atoms with Crippen molar-refractivity contribution in [3.8, 4) is 0 Å². The van der Waals surface area contributed by atoms with Gasteiger partial charge < -0.3 is 0 Å². The Labute approximate surface area is 214 Å². The highest BCUT2D eigenvalue weighted by atomic mass is 16.1. The molecule has 2 aliphatic rings. The van der Waals surface area contributed by atoms with E-state index in [2.05, 4.69) is 20.6 Å². The first-order valence-corrected chi connectivity index (χ1v) is 11.8. The molecule has 10 heteroatoms. The van der Waals surface area contributed by atoms with E-state index < -0.39 is 0 Å². The number of ketones is 4. The average Bonchev–Trinajstić information content (AvgIpc) is 3.56. The molecule has 0 saturated carbocycles. The van der Waals surface area contributed by atoms with Crippen LogP contribution in [-0.4, -0.2) is 53.1 Å². The molecule has 182 valence electrons. The van der Waals surface area contributed by atoms with E-state index in [-0.39, 0.29) is 59.0 Å². The summed E-state index contributed by atoms with van der Waals surface area (Å²) in [6, 6.07) is 20.8. The molecule has 0 atom stereocenters. The second kappa shape index (κ2) is 8.07. The summed E-state index contributed by atoms with van der Waals surface area (Å²) < 4.78 is 2.86. The van der Waals surface area contributed by atoms with Gasteiger partial charge in [0.1, 0.15) is 11.4 Å². The van der Waals surface area contributed by atoms with Gasteiger partial charge in [-0.05, 0) is 11.1 Å². The van der Waals surface area contributed by atoms with Gasteiger partial charge in [0.15, 0.2) is 11.4 Å². The smallest absolute Gasteiger partial charge is 0.216 e. The van der Waals surface area contributed by atoms with Crippen molar-refractivity contribution in [2.45, 2.75) is 13.1 Å². The molecule has 0 saturated heterocycles. The lowest BCUT2D eigenvalue weighted by Crippen LogP contribution is -2.24. The second-order valence-electron chi connectivity index (χ2n) is 9.12. The number of hydrogen-bond acceptors (Lipinski definition) is 8. The Morgan fingerprint density at radius 3 is 1.32 bits per heavy atom. The lowest BCUT2D eigenvalue weighted by molar-refractivity contribution is 0.0971. The SMILES string of the molecule is O=C1c2ccccc2C(=O)c2c1nnn2Cc1cccc(Cn2nnc3c2C(=O)c2ccccc2C3=O)c1. The number of aromatic nitrogens is 6. The van der Waals surface area contributed by atoms with Crippen molar-refractivity contribution in [2.24, 2.45) is 0 Å². The summed E-state index contributed by atoms with van der Waals surface area (Å²) in [6.45, 7) is 0.412. The van der Waals surface area contributed by atoms with Gasteiger partial charge in [-0.15, -0.1) is 10.2 Å². The monoisotopic (exact) mass is 500 g/mol. The molecule has 0 unspecified atom stereocenters. The van der Waals surface area contributed by atoms with Crippen LogP contribution in [0.1, 0.15) is 75.3 Å². The third kappa shape index (κ3) is 3.13. The molecule has 3 aromatic carbocycles. The van der Waals surface area contributed by atoms with Crippen LogP contribution in [0.15, 0.2) is 72.8 Å². The molecule has 0 spiro atoms. The highest BCUT2D eigenvalue weighted by Crippen LogP contribution is 2.27. The molecule has 0 aliphatic heterocycles. The summed E-state index contributed by atoms with van der Waals surface area (Å²) in [6.07, 6.45) is 0. The Morgan fingerprint density at radius 1 is 0.500 bits per heavy atom. The van der Waals surface area contributed by atoms with Crippen LogP contribution in [0.3, 0.4) is 0 Å². The van der Waals surface area contributed by atoms with Gasteiger partial charge in [-0.1, -0.05) is 83.2 Å². The highest BCUT2D eigenvalue weighted by molar-refractivity contribution is 6.27. The maximum Gasteiger partial charge on any atom is 0.216 e. The fraction of sp³-hybridized carbons (Fsp3) is 0.0714. The normalized spacial score (nSPS) is 13.7. The number of fused-ring (bicyclic) bond motifs is 4.